The first-order valence-corrected chi connectivity index (χ1v) is 8.40. The van der Waals surface area contributed by atoms with Gasteiger partial charge < -0.3 is 24.4 Å². The van der Waals surface area contributed by atoms with Gasteiger partial charge in [-0.1, -0.05) is 0 Å². The van der Waals surface area contributed by atoms with Crippen LogP contribution in [0, 0.1) is 5.92 Å². The average molecular weight is 315 g/mol. The molecule has 0 spiro atoms. The van der Waals surface area contributed by atoms with Gasteiger partial charge in [-0.3, -0.25) is 4.99 Å². The molecule has 22 heavy (non-hydrogen) atoms. The molecule has 0 bridgehead atoms. The smallest absolute Gasteiger partial charge is 0.193 e. The first-order chi connectivity index (χ1) is 10.8. The predicted molar refractivity (Wildman–Crippen MR) is 89.5 cm³/mol. The Morgan fingerprint density at radius 2 is 2.05 bits per heavy atom. The fourth-order valence-electron chi connectivity index (χ4n) is 2.57. The summed E-state index contributed by atoms with van der Waals surface area (Å²) in [6.45, 7) is 8.95. The standard InChI is InChI=1S/C16H33N3O3/c1-4-17-16(19-9-7-15(13-19)14-21-3)18-8-5-6-10-22-12-11-20-2/h15H,4-14H2,1-3H3,(H,17,18). The Hall–Kier alpha value is -0.850. The molecule has 1 atom stereocenters. The molecule has 0 radical (unpaired) electrons. The zero-order chi connectivity index (χ0) is 16.0. The lowest BCUT2D eigenvalue weighted by atomic mass is 10.1. The number of unbranched alkanes of at least 4 members (excludes halogenated alkanes) is 1. The molecule has 1 aliphatic heterocycles. The first kappa shape index (κ1) is 19.2. The van der Waals surface area contributed by atoms with Crippen molar-refractivity contribution in [1.82, 2.24) is 10.2 Å². The number of hydrogen-bond donors (Lipinski definition) is 1. The minimum absolute atomic E-state index is 0.628. The summed E-state index contributed by atoms with van der Waals surface area (Å²) in [4.78, 5) is 7.08. The Balaban J connectivity index is 2.22. The number of aliphatic imine (C=N–C) groups is 1. The van der Waals surface area contributed by atoms with Crippen LogP contribution in [0.4, 0.5) is 0 Å². The van der Waals surface area contributed by atoms with Gasteiger partial charge in [-0.25, -0.2) is 0 Å². The zero-order valence-corrected chi connectivity index (χ0v) is 14.5. The molecule has 6 heteroatoms. The molecule has 0 aromatic carbocycles. The van der Waals surface area contributed by atoms with Gasteiger partial charge in [0.1, 0.15) is 0 Å². The summed E-state index contributed by atoms with van der Waals surface area (Å²) < 4.78 is 15.7. The summed E-state index contributed by atoms with van der Waals surface area (Å²) in [5, 5.41) is 3.39. The molecule has 0 saturated carbocycles. The Labute approximate surface area is 135 Å². The molecule has 6 nitrogen and oxygen atoms in total. The Morgan fingerprint density at radius 1 is 1.18 bits per heavy atom. The van der Waals surface area contributed by atoms with Crippen molar-refractivity contribution < 1.29 is 14.2 Å². The molecule has 1 fully saturated rings. The molecule has 1 unspecified atom stereocenters. The lowest BCUT2D eigenvalue weighted by Crippen LogP contribution is -2.40. The summed E-state index contributed by atoms with van der Waals surface area (Å²) in [6.07, 6.45) is 3.28. The van der Waals surface area contributed by atoms with Gasteiger partial charge in [0.05, 0.1) is 19.8 Å². The van der Waals surface area contributed by atoms with Crippen LogP contribution in [0.25, 0.3) is 0 Å². The third-order valence-electron chi connectivity index (χ3n) is 3.71. The first-order valence-electron chi connectivity index (χ1n) is 8.40. The maximum absolute atomic E-state index is 5.46. The van der Waals surface area contributed by atoms with E-state index in [9.17, 15) is 0 Å². The van der Waals surface area contributed by atoms with E-state index in [-0.39, 0.29) is 0 Å². The second-order valence-electron chi connectivity index (χ2n) is 5.60. The van der Waals surface area contributed by atoms with Crippen molar-refractivity contribution in [2.75, 3.05) is 66.8 Å². The fourth-order valence-corrected chi connectivity index (χ4v) is 2.57. The number of nitrogens with one attached hydrogen (secondary N) is 1. The summed E-state index contributed by atoms with van der Waals surface area (Å²) in [7, 11) is 3.46. The highest BCUT2D eigenvalue weighted by Crippen LogP contribution is 2.16. The second kappa shape index (κ2) is 12.7. The van der Waals surface area contributed by atoms with Gasteiger partial charge in [-0.2, -0.15) is 0 Å². The van der Waals surface area contributed by atoms with Crippen molar-refractivity contribution in [3.05, 3.63) is 0 Å². The summed E-state index contributed by atoms with van der Waals surface area (Å²) >= 11 is 0. The van der Waals surface area contributed by atoms with Gasteiger partial charge in [0.25, 0.3) is 0 Å². The summed E-state index contributed by atoms with van der Waals surface area (Å²) in [5.74, 6) is 1.67. The number of ether oxygens (including phenoxy) is 3. The van der Waals surface area contributed by atoms with Crippen molar-refractivity contribution in [1.29, 1.82) is 0 Å². The molecule has 1 saturated heterocycles. The molecular weight excluding hydrogens is 282 g/mol. The van der Waals surface area contributed by atoms with Gasteiger partial charge in [0.2, 0.25) is 0 Å². The van der Waals surface area contributed by atoms with E-state index in [1.807, 2.05) is 0 Å². The molecule has 0 aromatic rings. The fraction of sp³-hybridized carbons (Fsp3) is 0.938. The van der Waals surface area contributed by atoms with E-state index in [1.165, 1.54) is 6.42 Å². The van der Waals surface area contributed by atoms with E-state index in [1.54, 1.807) is 14.2 Å². The average Bonchev–Trinajstić information content (AvgIpc) is 2.98. The summed E-state index contributed by atoms with van der Waals surface area (Å²) in [6, 6.07) is 0. The number of nitrogens with zero attached hydrogens (tertiary/aromatic N) is 2. The number of rotatable bonds is 11. The molecular formula is C16H33N3O3. The van der Waals surface area contributed by atoms with E-state index in [0.29, 0.717) is 19.1 Å². The van der Waals surface area contributed by atoms with Gasteiger partial charge >= 0.3 is 0 Å². The summed E-state index contributed by atoms with van der Waals surface area (Å²) in [5.41, 5.74) is 0. The van der Waals surface area contributed by atoms with Crippen LogP contribution in [-0.2, 0) is 14.2 Å². The van der Waals surface area contributed by atoms with Gasteiger partial charge in [0.15, 0.2) is 5.96 Å². The Morgan fingerprint density at radius 3 is 2.77 bits per heavy atom. The van der Waals surface area contributed by atoms with Crippen molar-refractivity contribution in [2.24, 2.45) is 10.9 Å². The normalized spacial score (nSPS) is 19.0. The number of guanidine groups is 1. The molecule has 0 amide bonds. The van der Waals surface area contributed by atoms with E-state index >= 15 is 0 Å². The van der Waals surface area contributed by atoms with Crippen LogP contribution in [0.3, 0.4) is 0 Å². The van der Waals surface area contributed by atoms with Crippen LogP contribution < -0.4 is 5.32 Å². The lowest BCUT2D eigenvalue weighted by molar-refractivity contribution is 0.0690. The highest BCUT2D eigenvalue weighted by molar-refractivity contribution is 5.80. The van der Waals surface area contributed by atoms with Crippen LogP contribution >= 0.6 is 0 Å². The molecule has 130 valence electrons. The molecule has 1 heterocycles. The molecule has 0 aromatic heterocycles. The topological polar surface area (TPSA) is 55.3 Å². The number of likely N-dealkylation sites (tertiary alicyclic amines) is 1. The number of hydrogen-bond acceptors (Lipinski definition) is 4. The third kappa shape index (κ3) is 7.96. The van der Waals surface area contributed by atoms with Crippen LogP contribution in [0.5, 0.6) is 0 Å². The van der Waals surface area contributed by atoms with Gasteiger partial charge in [-0.15, -0.1) is 0 Å². The van der Waals surface area contributed by atoms with E-state index in [2.05, 4.69) is 17.1 Å². The second-order valence-corrected chi connectivity index (χ2v) is 5.60. The predicted octanol–water partition coefficient (Wildman–Crippen LogP) is 1.36. The van der Waals surface area contributed by atoms with Crippen molar-refractivity contribution in [3.8, 4) is 0 Å². The monoisotopic (exact) mass is 315 g/mol. The van der Waals surface area contributed by atoms with Crippen molar-refractivity contribution >= 4 is 5.96 Å². The minimum Gasteiger partial charge on any atom is -0.384 e. The van der Waals surface area contributed by atoms with Crippen LogP contribution in [0.2, 0.25) is 0 Å². The maximum Gasteiger partial charge on any atom is 0.193 e. The molecule has 0 aliphatic carbocycles. The van der Waals surface area contributed by atoms with E-state index in [0.717, 1.165) is 58.2 Å². The largest absolute Gasteiger partial charge is 0.384 e. The van der Waals surface area contributed by atoms with Crippen LogP contribution in [-0.4, -0.2) is 77.7 Å². The molecule has 1 aliphatic rings. The van der Waals surface area contributed by atoms with Crippen molar-refractivity contribution in [2.45, 2.75) is 26.2 Å². The van der Waals surface area contributed by atoms with E-state index in [4.69, 9.17) is 19.2 Å². The molecule has 1 rings (SSSR count). The minimum atomic E-state index is 0.628. The van der Waals surface area contributed by atoms with E-state index < -0.39 is 0 Å². The zero-order valence-electron chi connectivity index (χ0n) is 14.5. The number of methoxy groups -OCH3 is 2. The maximum atomic E-state index is 5.46. The lowest BCUT2D eigenvalue weighted by Gasteiger charge is -2.21. The van der Waals surface area contributed by atoms with Gasteiger partial charge in [0, 0.05) is 52.9 Å². The SMILES string of the molecule is CCNC(=NCCCCOCCOC)N1CCC(COC)C1. The van der Waals surface area contributed by atoms with Gasteiger partial charge in [-0.05, 0) is 26.2 Å². The van der Waals surface area contributed by atoms with Crippen LogP contribution in [0.15, 0.2) is 4.99 Å². The quantitative estimate of drug-likeness (QED) is 0.354. The Kier molecular flexibility index (Phi) is 11.1. The Bertz CT molecular complexity index is 300. The van der Waals surface area contributed by atoms with Crippen molar-refractivity contribution in [3.63, 3.8) is 0 Å². The highest BCUT2D eigenvalue weighted by Gasteiger charge is 2.24. The third-order valence-corrected chi connectivity index (χ3v) is 3.71. The molecule has 1 N–H and O–H groups in total. The van der Waals surface area contributed by atoms with Crippen LogP contribution in [0.1, 0.15) is 26.2 Å². The highest BCUT2D eigenvalue weighted by atomic mass is 16.5.